The summed E-state index contributed by atoms with van der Waals surface area (Å²) in [6, 6.07) is 4.44. The number of aliphatic hydroxyl groups is 2. The number of hydrogen-bond donors (Lipinski definition) is 2. The van der Waals surface area contributed by atoms with Crippen LogP contribution >= 0.6 is 0 Å². The minimum Gasteiger partial charge on any atom is -0.423 e. The van der Waals surface area contributed by atoms with Gasteiger partial charge in [0.1, 0.15) is 5.76 Å². The first kappa shape index (κ1) is 10.7. The van der Waals surface area contributed by atoms with E-state index in [0.717, 1.165) is 0 Å². The summed E-state index contributed by atoms with van der Waals surface area (Å²) in [5.74, 6) is 0.345. The van der Waals surface area contributed by atoms with Crippen molar-refractivity contribution in [2.24, 2.45) is 0 Å². The predicted molar refractivity (Wildman–Crippen MR) is 51.7 cm³/mol. The molecule has 0 aliphatic rings. The first-order valence-electron chi connectivity index (χ1n) is 4.24. The predicted octanol–water partition coefficient (Wildman–Crippen LogP) is 0.395. The molecular formula is C10H12O4. The van der Waals surface area contributed by atoms with Crippen molar-refractivity contribution in [2.75, 3.05) is 0 Å². The van der Waals surface area contributed by atoms with Crippen molar-refractivity contribution in [2.45, 2.75) is 19.1 Å². The summed E-state index contributed by atoms with van der Waals surface area (Å²) in [7, 11) is 0. The molecule has 4 nitrogen and oxygen atoms in total. The number of aliphatic hydroxyl groups excluding tert-OH is 2. The smallest absolute Gasteiger partial charge is 0.336 e. The topological polar surface area (TPSA) is 70.7 Å². The van der Waals surface area contributed by atoms with Gasteiger partial charge in [0.05, 0.1) is 12.2 Å². The SMILES string of the molecule is C[C@H](O)[C@@H](O)/C=C/c1cccc(=O)o1. The molecule has 0 bridgehead atoms. The molecule has 0 aliphatic heterocycles. The summed E-state index contributed by atoms with van der Waals surface area (Å²) >= 11 is 0. The highest BCUT2D eigenvalue weighted by Gasteiger charge is 2.05. The summed E-state index contributed by atoms with van der Waals surface area (Å²) in [6.07, 6.45) is 1.00. The van der Waals surface area contributed by atoms with Gasteiger partial charge in [-0.25, -0.2) is 4.79 Å². The molecule has 14 heavy (non-hydrogen) atoms. The van der Waals surface area contributed by atoms with Crippen molar-refractivity contribution in [1.82, 2.24) is 0 Å². The number of rotatable bonds is 3. The zero-order chi connectivity index (χ0) is 10.6. The van der Waals surface area contributed by atoms with E-state index in [0.29, 0.717) is 5.76 Å². The maximum absolute atomic E-state index is 10.8. The van der Waals surface area contributed by atoms with Gasteiger partial charge in [0.2, 0.25) is 0 Å². The fourth-order valence-corrected chi connectivity index (χ4v) is 0.850. The van der Waals surface area contributed by atoms with Crippen LogP contribution in [0.3, 0.4) is 0 Å². The van der Waals surface area contributed by atoms with Gasteiger partial charge in [-0.3, -0.25) is 0 Å². The van der Waals surface area contributed by atoms with E-state index in [9.17, 15) is 9.90 Å². The zero-order valence-electron chi connectivity index (χ0n) is 7.75. The summed E-state index contributed by atoms with van der Waals surface area (Å²) in [4.78, 5) is 10.8. The van der Waals surface area contributed by atoms with Crippen molar-refractivity contribution in [3.05, 3.63) is 40.5 Å². The Kier molecular flexibility index (Phi) is 3.62. The second-order valence-electron chi connectivity index (χ2n) is 2.94. The van der Waals surface area contributed by atoms with E-state index >= 15 is 0 Å². The van der Waals surface area contributed by atoms with Crippen LogP contribution < -0.4 is 5.63 Å². The van der Waals surface area contributed by atoms with Gasteiger partial charge in [0.25, 0.3) is 0 Å². The van der Waals surface area contributed by atoms with Gasteiger partial charge in [0.15, 0.2) is 0 Å². The van der Waals surface area contributed by atoms with Gasteiger partial charge in [-0.15, -0.1) is 0 Å². The molecule has 0 aliphatic carbocycles. The first-order chi connectivity index (χ1) is 6.59. The molecule has 0 spiro atoms. The molecule has 0 aromatic carbocycles. The summed E-state index contributed by atoms with van der Waals surface area (Å²) < 4.78 is 4.77. The van der Waals surface area contributed by atoms with Crippen molar-refractivity contribution in [3.8, 4) is 0 Å². The standard InChI is InChI=1S/C10H12O4/c1-7(11)9(12)6-5-8-3-2-4-10(13)14-8/h2-7,9,11-12H,1H3/b6-5+/t7-,9-/m0/s1. The van der Waals surface area contributed by atoms with Crippen LogP contribution in [0.25, 0.3) is 6.08 Å². The largest absolute Gasteiger partial charge is 0.423 e. The van der Waals surface area contributed by atoms with Crippen molar-refractivity contribution in [1.29, 1.82) is 0 Å². The Bertz CT molecular complexity index is 364. The molecule has 0 radical (unpaired) electrons. The summed E-state index contributed by atoms with van der Waals surface area (Å²) in [6.45, 7) is 1.47. The second-order valence-corrected chi connectivity index (χ2v) is 2.94. The molecule has 0 saturated carbocycles. The van der Waals surface area contributed by atoms with Crippen LogP contribution in [-0.2, 0) is 0 Å². The lowest BCUT2D eigenvalue weighted by molar-refractivity contribution is 0.0623. The van der Waals surface area contributed by atoms with Crippen LogP contribution in [0.5, 0.6) is 0 Å². The Hall–Kier alpha value is -1.39. The molecule has 1 heterocycles. The van der Waals surface area contributed by atoms with E-state index in [2.05, 4.69) is 0 Å². The molecule has 1 rings (SSSR count). The van der Waals surface area contributed by atoms with Gasteiger partial charge in [-0.2, -0.15) is 0 Å². The highest BCUT2D eigenvalue weighted by molar-refractivity contribution is 5.42. The molecule has 0 amide bonds. The monoisotopic (exact) mass is 196 g/mol. The molecule has 1 aromatic heterocycles. The Morgan fingerprint density at radius 2 is 2.14 bits per heavy atom. The molecule has 76 valence electrons. The van der Waals surface area contributed by atoms with E-state index in [-0.39, 0.29) is 0 Å². The van der Waals surface area contributed by atoms with Crippen LogP contribution in [0.2, 0.25) is 0 Å². The maximum atomic E-state index is 10.8. The molecule has 2 atom stereocenters. The minimum atomic E-state index is -0.958. The average Bonchev–Trinajstić information content (AvgIpc) is 2.14. The van der Waals surface area contributed by atoms with Crippen LogP contribution in [0.4, 0.5) is 0 Å². The minimum absolute atomic E-state index is 0.345. The van der Waals surface area contributed by atoms with Crippen molar-refractivity contribution in [3.63, 3.8) is 0 Å². The van der Waals surface area contributed by atoms with E-state index in [1.165, 1.54) is 25.1 Å². The van der Waals surface area contributed by atoms with Crippen LogP contribution in [-0.4, -0.2) is 22.4 Å². The lowest BCUT2D eigenvalue weighted by Gasteiger charge is -2.06. The lowest BCUT2D eigenvalue weighted by Crippen LogP contribution is -2.19. The van der Waals surface area contributed by atoms with Crippen molar-refractivity contribution >= 4 is 6.08 Å². The molecule has 0 saturated heterocycles. The van der Waals surface area contributed by atoms with Crippen LogP contribution in [0.1, 0.15) is 12.7 Å². The van der Waals surface area contributed by atoms with E-state index in [4.69, 9.17) is 9.52 Å². The van der Waals surface area contributed by atoms with Crippen LogP contribution in [0.15, 0.2) is 33.5 Å². The third kappa shape index (κ3) is 3.16. The average molecular weight is 196 g/mol. The fraction of sp³-hybridized carbons (Fsp3) is 0.300. The zero-order valence-corrected chi connectivity index (χ0v) is 7.75. The van der Waals surface area contributed by atoms with Gasteiger partial charge in [0, 0.05) is 6.07 Å². The van der Waals surface area contributed by atoms with Gasteiger partial charge in [-0.05, 0) is 25.1 Å². The van der Waals surface area contributed by atoms with Crippen molar-refractivity contribution < 1.29 is 14.6 Å². The van der Waals surface area contributed by atoms with Crippen LogP contribution in [0, 0.1) is 0 Å². The fourth-order valence-electron chi connectivity index (χ4n) is 0.850. The molecule has 4 heteroatoms. The molecule has 1 aromatic rings. The maximum Gasteiger partial charge on any atom is 0.336 e. The van der Waals surface area contributed by atoms with Gasteiger partial charge in [-0.1, -0.05) is 6.07 Å². The Labute approximate surface area is 81.1 Å². The first-order valence-corrected chi connectivity index (χ1v) is 4.24. The molecular weight excluding hydrogens is 184 g/mol. The quantitative estimate of drug-likeness (QED) is 0.733. The van der Waals surface area contributed by atoms with Gasteiger partial charge >= 0.3 is 5.63 Å². The highest BCUT2D eigenvalue weighted by atomic mass is 16.4. The summed E-state index contributed by atoms with van der Waals surface area (Å²) in [5.41, 5.74) is -0.446. The number of hydrogen-bond acceptors (Lipinski definition) is 4. The third-order valence-corrected chi connectivity index (χ3v) is 1.66. The third-order valence-electron chi connectivity index (χ3n) is 1.66. The van der Waals surface area contributed by atoms with E-state index < -0.39 is 17.8 Å². The Morgan fingerprint density at radius 1 is 1.43 bits per heavy atom. The Balaban J connectivity index is 2.73. The van der Waals surface area contributed by atoms with Gasteiger partial charge < -0.3 is 14.6 Å². The second kappa shape index (κ2) is 4.74. The van der Waals surface area contributed by atoms with E-state index in [1.54, 1.807) is 12.1 Å². The highest BCUT2D eigenvalue weighted by Crippen LogP contribution is 2.01. The van der Waals surface area contributed by atoms with E-state index in [1.807, 2.05) is 0 Å². The molecule has 0 unspecified atom stereocenters. The lowest BCUT2D eigenvalue weighted by atomic mass is 10.2. The normalized spacial score (nSPS) is 15.6. The summed E-state index contributed by atoms with van der Waals surface area (Å²) in [5, 5.41) is 18.2. The Morgan fingerprint density at radius 3 is 2.71 bits per heavy atom. The molecule has 0 fully saturated rings. The molecule has 2 N–H and O–H groups in total.